The molecule has 0 saturated heterocycles. The Morgan fingerprint density at radius 1 is 0.929 bits per heavy atom. The van der Waals surface area contributed by atoms with Crippen molar-refractivity contribution in [3.05, 3.63) is 94.5 Å². The van der Waals surface area contributed by atoms with Gasteiger partial charge in [0.25, 0.3) is 5.56 Å². The Hall–Kier alpha value is -3.86. The van der Waals surface area contributed by atoms with Gasteiger partial charge in [-0.2, -0.15) is 0 Å². The Morgan fingerprint density at radius 3 is 2.36 bits per heavy atom. The summed E-state index contributed by atoms with van der Waals surface area (Å²) in [6.45, 7) is 0. The van der Waals surface area contributed by atoms with Crippen LogP contribution in [-0.4, -0.2) is 21.8 Å². The third-order valence-electron chi connectivity index (χ3n) is 4.45. The standard InChI is InChI=1S/C23H18N2O3/c1-28-19-13-6-16(7-14-19)8-15-22-24-21-5-3-2-4-20(21)23(27)25(22)17-9-11-18(26)12-10-17/h2-15,26H,1H3. The van der Waals surface area contributed by atoms with Crippen molar-refractivity contribution >= 4 is 23.1 Å². The topological polar surface area (TPSA) is 64.3 Å². The number of hydrogen-bond donors (Lipinski definition) is 1. The number of nitrogens with zero attached hydrogens (tertiary/aromatic N) is 2. The second kappa shape index (κ2) is 7.40. The fraction of sp³-hybridized carbons (Fsp3) is 0.0435. The first-order valence-electron chi connectivity index (χ1n) is 8.79. The molecule has 0 atom stereocenters. The molecule has 0 unspecified atom stereocenters. The van der Waals surface area contributed by atoms with Crippen LogP contribution in [0.15, 0.2) is 77.6 Å². The van der Waals surface area contributed by atoms with E-state index in [1.807, 2.05) is 54.6 Å². The van der Waals surface area contributed by atoms with E-state index in [9.17, 15) is 9.90 Å². The molecule has 0 aliphatic carbocycles. The second-order valence-electron chi connectivity index (χ2n) is 6.25. The van der Waals surface area contributed by atoms with Crippen LogP contribution in [0.3, 0.4) is 0 Å². The number of benzene rings is 3. The molecule has 4 rings (SSSR count). The predicted octanol–water partition coefficient (Wildman–Crippen LogP) is 4.27. The van der Waals surface area contributed by atoms with Gasteiger partial charge >= 0.3 is 0 Å². The molecule has 138 valence electrons. The first kappa shape index (κ1) is 17.5. The summed E-state index contributed by atoms with van der Waals surface area (Å²) in [7, 11) is 1.63. The van der Waals surface area contributed by atoms with Gasteiger partial charge in [0, 0.05) is 0 Å². The molecular weight excluding hydrogens is 352 g/mol. The van der Waals surface area contributed by atoms with E-state index in [4.69, 9.17) is 4.74 Å². The van der Waals surface area contributed by atoms with E-state index in [0.717, 1.165) is 11.3 Å². The van der Waals surface area contributed by atoms with Gasteiger partial charge in [0.1, 0.15) is 17.3 Å². The summed E-state index contributed by atoms with van der Waals surface area (Å²) < 4.78 is 6.72. The van der Waals surface area contributed by atoms with Crippen molar-refractivity contribution in [2.75, 3.05) is 7.11 Å². The molecule has 1 heterocycles. The minimum absolute atomic E-state index is 0.140. The van der Waals surface area contributed by atoms with Gasteiger partial charge in [-0.25, -0.2) is 4.98 Å². The fourth-order valence-corrected chi connectivity index (χ4v) is 3.00. The summed E-state index contributed by atoms with van der Waals surface area (Å²) in [5.41, 5.74) is 2.07. The number of para-hydroxylation sites is 1. The summed E-state index contributed by atoms with van der Waals surface area (Å²) in [5, 5.41) is 10.1. The molecule has 0 aliphatic heterocycles. The van der Waals surface area contributed by atoms with Crippen molar-refractivity contribution < 1.29 is 9.84 Å². The number of fused-ring (bicyclic) bond motifs is 1. The Morgan fingerprint density at radius 2 is 1.64 bits per heavy atom. The third kappa shape index (κ3) is 3.38. The minimum atomic E-state index is -0.161. The lowest BCUT2D eigenvalue weighted by molar-refractivity contribution is 0.415. The molecule has 0 aliphatic rings. The zero-order valence-electron chi connectivity index (χ0n) is 15.2. The smallest absolute Gasteiger partial charge is 0.266 e. The molecule has 0 radical (unpaired) electrons. The maximum atomic E-state index is 13.1. The zero-order chi connectivity index (χ0) is 19.5. The van der Waals surface area contributed by atoms with Crippen LogP contribution in [0.5, 0.6) is 11.5 Å². The van der Waals surface area contributed by atoms with Crippen LogP contribution in [0.1, 0.15) is 11.4 Å². The van der Waals surface area contributed by atoms with E-state index in [1.54, 1.807) is 42.0 Å². The van der Waals surface area contributed by atoms with E-state index in [-0.39, 0.29) is 11.3 Å². The Bertz CT molecular complexity index is 1210. The molecule has 0 fully saturated rings. The first-order valence-corrected chi connectivity index (χ1v) is 8.79. The Labute approximate surface area is 161 Å². The van der Waals surface area contributed by atoms with Crippen LogP contribution in [0.25, 0.3) is 28.7 Å². The number of hydrogen-bond acceptors (Lipinski definition) is 4. The average Bonchev–Trinajstić information content (AvgIpc) is 2.74. The molecule has 28 heavy (non-hydrogen) atoms. The monoisotopic (exact) mass is 370 g/mol. The van der Waals surface area contributed by atoms with Crippen LogP contribution in [-0.2, 0) is 0 Å². The Kier molecular flexibility index (Phi) is 4.64. The van der Waals surface area contributed by atoms with Gasteiger partial charge in [-0.1, -0.05) is 30.3 Å². The summed E-state index contributed by atoms with van der Waals surface area (Å²) in [4.78, 5) is 17.8. The SMILES string of the molecule is COc1ccc(C=Cc2nc3ccccc3c(=O)n2-c2ccc(O)cc2)cc1. The van der Waals surface area contributed by atoms with Crippen LogP contribution < -0.4 is 10.3 Å². The summed E-state index contributed by atoms with van der Waals surface area (Å²) >= 11 is 0. The highest BCUT2D eigenvalue weighted by Crippen LogP contribution is 2.18. The lowest BCUT2D eigenvalue weighted by Crippen LogP contribution is -2.22. The highest BCUT2D eigenvalue weighted by molar-refractivity contribution is 5.80. The molecule has 1 aromatic heterocycles. The van der Waals surface area contributed by atoms with Gasteiger partial charge in [0.15, 0.2) is 0 Å². The fourth-order valence-electron chi connectivity index (χ4n) is 3.00. The lowest BCUT2D eigenvalue weighted by Gasteiger charge is -2.11. The molecule has 0 bridgehead atoms. The van der Waals surface area contributed by atoms with Crippen molar-refractivity contribution in [2.24, 2.45) is 0 Å². The number of phenolic OH excluding ortho intramolecular Hbond substituents is 1. The quantitative estimate of drug-likeness (QED) is 0.583. The molecule has 0 spiro atoms. The number of aromatic nitrogens is 2. The van der Waals surface area contributed by atoms with Gasteiger partial charge in [-0.15, -0.1) is 0 Å². The molecule has 5 heteroatoms. The number of methoxy groups -OCH3 is 1. The number of rotatable bonds is 4. The van der Waals surface area contributed by atoms with Crippen molar-refractivity contribution in [2.45, 2.75) is 0 Å². The van der Waals surface area contributed by atoms with Crippen molar-refractivity contribution in [1.82, 2.24) is 9.55 Å². The van der Waals surface area contributed by atoms with Crippen LogP contribution in [0.4, 0.5) is 0 Å². The van der Waals surface area contributed by atoms with Crippen LogP contribution >= 0.6 is 0 Å². The summed E-state index contributed by atoms with van der Waals surface area (Å²) in [6.07, 6.45) is 3.70. The predicted molar refractivity (Wildman–Crippen MR) is 111 cm³/mol. The van der Waals surface area contributed by atoms with E-state index in [0.29, 0.717) is 22.4 Å². The maximum Gasteiger partial charge on any atom is 0.266 e. The first-order chi connectivity index (χ1) is 13.7. The molecule has 0 amide bonds. The van der Waals surface area contributed by atoms with Crippen molar-refractivity contribution in [3.63, 3.8) is 0 Å². The lowest BCUT2D eigenvalue weighted by atomic mass is 10.2. The van der Waals surface area contributed by atoms with Gasteiger partial charge in [-0.05, 0) is 60.2 Å². The van der Waals surface area contributed by atoms with E-state index >= 15 is 0 Å². The van der Waals surface area contributed by atoms with Gasteiger partial charge in [0.2, 0.25) is 0 Å². The van der Waals surface area contributed by atoms with Crippen LogP contribution in [0.2, 0.25) is 0 Å². The number of phenols is 1. The molecule has 0 saturated carbocycles. The summed E-state index contributed by atoms with van der Waals surface area (Å²) in [5.74, 6) is 1.42. The molecular formula is C23H18N2O3. The van der Waals surface area contributed by atoms with Gasteiger partial charge in [0.05, 0.1) is 23.7 Å². The summed E-state index contributed by atoms with van der Waals surface area (Å²) in [6, 6.07) is 21.4. The molecule has 1 N–H and O–H groups in total. The molecule has 5 nitrogen and oxygen atoms in total. The molecule has 3 aromatic carbocycles. The van der Waals surface area contributed by atoms with Crippen molar-refractivity contribution in [3.8, 4) is 17.2 Å². The average molecular weight is 370 g/mol. The highest BCUT2D eigenvalue weighted by atomic mass is 16.5. The van der Waals surface area contributed by atoms with Crippen LogP contribution in [0, 0.1) is 0 Å². The third-order valence-corrected chi connectivity index (χ3v) is 4.45. The van der Waals surface area contributed by atoms with E-state index in [1.165, 1.54) is 0 Å². The maximum absolute atomic E-state index is 13.1. The number of ether oxygens (including phenoxy) is 1. The van der Waals surface area contributed by atoms with Gasteiger partial charge < -0.3 is 9.84 Å². The normalized spacial score (nSPS) is 11.2. The largest absolute Gasteiger partial charge is 0.508 e. The zero-order valence-corrected chi connectivity index (χ0v) is 15.2. The molecule has 4 aromatic rings. The van der Waals surface area contributed by atoms with Gasteiger partial charge in [-0.3, -0.25) is 9.36 Å². The number of aromatic hydroxyl groups is 1. The Balaban J connectivity index is 1.87. The highest BCUT2D eigenvalue weighted by Gasteiger charge is 2.11. The van der Waals surface area contributed by atoms with E-state index in [2.05, 4.69) is 4.98 Å². The van der Waals surface area contributed by atoms with Crippen molar-refractivity contribution in [1.29, 1.82) is 0 Å². The second-order valence-corrected chi connectivity index (χ2v) is 6.25. The minimum Gasteiger partial charge on any atom is -0.508 e. The van der Waals surface area contributed by atoms with E-state index < -0.39 is 0 Å².